The summed E-state index contributed by atoms with van der Waals surface area (Å²) in [7, 11) is 0. The van der Waals surface area contributed by atoms with Crippen molar-refractivity contribution in [1.29, 1.82) is 0 Å². The maximum atomic E-state index is 9.17. The smallest absolute Gasteiger partial charge is 0.131 e. The molecule has 1 atom stereocenters. The van der Waals surface area contributed by atoms with E-state index in [4.69, 9.17) is 9.84 Å². The highest BCUT2D eigenvalue weighted by molar-refractivity contribution is 7.09. The molecule has 0 aliphatic rings. The first-order valence-corrected chi connectivity index (χ1v) is 7.53. The molecule has 0 amide bonds. The third-order valence-electron chi connectivity index (χ3n) is 2.75. The SMILES string of the molecule is Cc1nc(COc2ccc(CNC[C@H](C)O)cc2)cs1. The Balaban J connectivity index is 1.79. The molecule has 4 nitrogen and oxygen atoms in total. The van der Waals surface area contributed by atoms with E-state index in [0.29, 0.717) is 13.2 Å². The summed E-state index contributed by atoms with van der Waals surface area (Å²) in [6.07, 6.45) is -0.320. The lowest BCUT2D eigenvalue weighted by atomic mass is 10.2. The van der Waals surface area contributed by atoms with Gasteiger partial charge in [-0.15, -0.1) is 11.3 Å². The van der Waals surface area contributed by atoms with E-state index >= 15 is 0 Å². The lowest BCUT2D eigenvalue weighted by Crippen LogP contribution is -2.23. The van der Waals surface area contributed by atoms with Crippen molar-refractivity contribution in [3.05, 3.63) is 45.9 Å². The third kappa shape index (κ3) is 4.92. The van der Waals surface area contributed by atoms with E-state index < -0.39 is 0 Å². The fraction of sp³-hybridized carbons (Fsp3) is 0.400. The van der Waals surface area contributed by atoms with Crippen LogP contribution < -0.4 is 10.1 Å². The summed E-state index contributed by atoms with van der Waals surface area (Å²) in [6.45, 7) is 5.61. The molecule has 2 aromatic rings. The Morgan fingerprint density at radius 2 is 2.10 bits per heavy atom. The molecular formula is C15H20N2O2S. The van der Waals surface area contributed by atoms with Crippen LogP contribution in [-0.4, -0.2) is 22.7 Å². The van der Waals surface area contributed by atoms with E-state index in [1.165, 1.54) is 5.56 Å². The van der Waals surface area contributed by atoms with Gasteiger partial charge < -0.3 is 15.2 Å². The zero-order valence-electron chi connectivity index (χ0n) is 11.8. The summed E-state index contributed by atoms with van der Waals surface area (Å²) in [5, 5.41) is 15.4. The average molecular weight is 292 g/mol. The minimum absolute atomic E-state index is 0.320. The summed E-state index contributed by atoms with van der Waals surface area (Å²) in [4.78, 5) is 4.36. The number of nitrogens with zero attached hydrogens (tertiary/aromatic N) is 1. The van der Waals surface area contributed by atoms with Crippen LogP contribution in [-0.2, 0) is 13.2 Å². The van der Waals surface area contributed by atoms with Crippen molar-refractivity contribution in [1.82, 2.24) is 10.3 Å². The van der Waals surface area contributed by atoms with Gasteiger partial charge in [0.25, 0.3) is 0 Å². The van der Waals surface area contributed by atoms with E-state index in [9.17, 15) is 0 Å². The van der Waals surface area contributed by atoms with Crippen molar-refractivity contribution >= 4 is 11.3 Å². The molecule has 108 valence electrons. The number of benzene rings is 1. The molecule has 0 unspecified atom stereocenters. The fourth-order valence-electron chi connectivity index (χ4n) is 1.76. The van der Waals surface area contributed by atoms with Crippen molar-refractivity contribution in [2.45, 2.75) is 33.1 Å². The van der Waals surface area contributed by atoms with Gasteiger partial charge in [-0.2, -0.15) is 0 Å². The van der Waals surface area contributed by atoms with Crippen LogP contribution in [0, 0.1) is 6.92 Å². The molecule has 2 N–H and O–H groups in total. The van der Waals surface area contributed by atoms with Gasteiger partial charge in [0.2, 0.25) is 0 Å². The van der Waals surface area contributed by atoms with E-state index in [0.717, 1.165) is 23.0 Å². The molecule has 2 rings (SSSR count). The largest absolute Gasteiger partial charge is 0.487 e. The number of aryl methyl sites for hydroxylation is 1. The quantitative estimate of drug-likeness (QED) is 0.823. The van der Waals surface area contributed by atoms with Crippen molar-refractivity contribution in [2.24, 2.45) is 0 Å². The number of thiazole rings is 1. The molecule has 0 saturated heterocycles. The second-order valence-electron chi connectivity index (χ2n) is 4.77. The summed E-state index contributed by atoms with van der Waals surface area (Å²) in [6, 6.07) is 7.96. The molecule has 5 heteroatoms. The van der Waals surface area contributed by atoms with Crippen LogP contribution in [0.25, 0.3) is 0 Å². The minimum Gasteiger partial charge on any atom is -0.487 e. The highest BCUT2D eigenvalue weighted by atomic mass is 32.1. The van der Waals surface area contributed by atoms with Gasteiger partial charge in [0.1, 0.15) is 12.4 Å². The van der Waals surface area contributed by atoms with Crippen LogP contribution in [0.5, 0.6) is 5.75 Å². The van der Waals surface area contributed by atoms with Gasteiger partial charge in [-0.25, -0.2) is 4.98 Å². The van der Waals surface area contributed by atoms with E-state index in [1.807, 2.05) is 36.6 Å². The molecule has 1 aromatic carbocycles. The van der Waals surface area contributed by atoms with Crippen molar-refractivity contribution in [3.63, 3.8) is 0 Å². The normalized spacial score (nSPS) is 12.3. The van der Waals surface area contributed by atoms with Crippen LogP contribution in [0.1, 0.15) is 23.2 Å². The van der Waals surface area contributed by atoms with Gasteiger partial charge in [-0.1, -0.05) is 12.1 Å². The van der Waals surface area contributed by atoms with Gasteiger partial charge in [0.05, 0.1) is 16.8 Å². The maximum Gasteiger partial charge on any atom is 0.131 e. The van der Waals surface area contributed by atoms with E-state index in [-0.39, 0.29) is 6.10 Å². The number of aliphatic hydroxyl groups is 1. The number of ether oxygens (including phenoxy) is 1. The van der Waals surface area contributed by atoms with Gasteiger partial charge in [-0.05, 0) is 31.5 Å². The molecule has 0 radical (unpaired) electrons. The van der Waals surface area contributed by atoms with Gasteiger partial charge >= 0.3 is 0 Å². The summed E-state index contributed by atoms with van der Waals surface area (Å²) in [5.41, 5.74) is 2.14. The molecular weight excluding hydrogens is 272 g/mol. The topological polar surface area (TPSA) is 54.4 Å². The second kappa shape index (κ2) is 7.38. The molecule has 0 aliphatic carbocycles. The van der Waals surface area contributed by atoms with Gasteiger partial charge in [0, 0.05) is 18.5 Å². The second-order valence-corrected chi connectivity index (χ2v) is 5.83. The van der Waals surface area contributed by atoms with Crippen LogP contribution in [0.15, 0.2) is 29.6 Å². The summed E-state index contributed by atoms with van der Waals surface area (Å²) in [5.74, 6) is 0.843. The first kappa shape index (κ1) is 15.0. The Bertz CT molecular complexity index is 523. The monoisotopic (exact) mass is 292 g/mol. The Hall–Kier alpha value is -1.43. The molecule has 0 fully saturated rings. The lowest BCUT2D eigenvalue weighted by Gasteiger charge is -2.08. The molecule has 0 saturated carbocycles. The molecule has 1 heterocycles. The van der Waals surface area contributed by atoms with Crippen LogP contribution >= 0.6 is 11.3 Å². The number of rotatable bonds is 7. The fourth-order valence-corrected chi connectivity index (χ4v) is 2.36. The zero-order chi connectivity index (χ0) is 14.4. The van der Waals surface area contributed by atoms with Crippen LogP contribution in [0.3, 0.4) is 0 Å². The van der Waals surface area contributed by atoms with Crippen molar-refractivity contribution < 1.29 is 9.84 Å². The van der Waals surface area contributed by atoms with Gasteiger partial charge in [-0.3, -0.25) is 0 Å². The Kier molecular flexibility index (Phi) is 5.52. The molecule has 1 aromatic heterocycles. The summed E-state index contributed by atoms with van der Waals surface area (Å²) >= 11 is 1.63. The Morgan fingerprint density at radius 1 is 1.35 bits per heavy atom. The first-order valence-electron chi connectivity index (χ1n) is 6.65. The summed E-state index contributed by atoms with van der Waals surface area (Å²) < 4.78 is 5.69. The number of aromatic nitrogens is 1. The Labute approximate surface area is 123 Å². The predicted molar refractivity (Wildman–Crippen MR) is 81.0 cm³/mol. The number of hydrogen-bond donors (Lipinski definition) is 2. The third-order valence-corrected chi connectivity index (χ3v) is 3.57. The van der Waals surface area contributed by atoms with E-state index in [2.05, 4.69) is 10.3 Å². The molecule has 0 bridgehead atoms. The van der Waals surface area contributed by atoms with Crippen molar-refractivity contribution in [2.75, 3.05) is 6.54 Å². The minimum atomic E-state index is -0.320. The lowest BCUT2D eigenvalue weighted by molar-refractivity contribution is 0.191. The molecule has 0 aliphatic heterocycles. The maximum absolute atomic E-state index is 9.17. The van der Waals surface area contributed by atoms with Crippen molar-refractivity contribution in [3.8, 4) is 5.75 Å². The van der Waals surface area contributed by atoms with E-state index in [1.54, 1.807) is 18.3 Å². The average Bonchev–Trinajstić information content (AvgIpc) is 2.83. The number of aliphatic hydroxyl groups excluding tert-OH is 1. The standard InChI is InChI=1S/C15H20N2O2S/c1-11(18)7-16-8-13-3-5-15(6-4-13)19-9-14-10-20-12(2)17-14/h3-6,10-11,16,18H,7-9H2,1-2H3/t11-/m0/s1. The van der Waals surface area contributed by atoms with Crippen LogP contribution in [0.2, 0.25) is 0 Å². The highest BCUT2D eigenvalue weighted by Gasteiger charge is 2.01. The predicted octanol–water partition coefficient (Wildman–Crippen LogP) is 2.50. The highest BCUT2D eigenvalue weighted by Crippen LogP contribution is 2.15. The number of hydrogen-bond acceptors (Lipinski definition) is 5. The Morgan fingerprint density at radius 3 is 2.70 bits per heavy atom. The first-order chi connectivity index (χ1) is 9.63. The molecule has 0 spiro atoms. The molecule has 20 heavy (non-hydrogen) atoms. The number of nitrogens with one attached hydrogen (secondary N) is 1. The zero-order valence-corrected chi connectivity index (χ0v) is 12.6. The van der Waals surface area contributed by atoms with Gasteiger partial charge in [0.15, 0.2) is 0 Å². The van der Waals surface area contributed by atoms with Crippen LogP contribution in [0.4, 0.5) is 0 Å².